The normalized spacial score (nSPS) is 11.8. The van der Waals surface area contributed by atoms with Crippen molar-refractivity contribution in [3.05, 3.63) is 101 Å². The minimum Gasteiger partial charge on any atom is -0.360 e. The molecular weight excluding hydrogens is 368 g/mol. The summed E-state index contributed by atoms with van der Waals surface area (Å²) < 4.78 is 0. The monoisotopic (exact) mass is 384 g/mol. The van der Waals surface area contributed by atoms with Gasteiger partial charge < -0.3 is 4.98 Å². The summed E-state index contributed by atoms with van der Waals surface area (Å²) >= 11 is 0. The van der Waals surface area contributed by atoms with Gasteiger partial charge in [-0.15, -0.1) is 10.2 Å². The molecule has 0 spiro atoms. The number of nitro benzene ring substituents is 1. The lowest BCUT2D eigenvalue weighted by Crippen LogP contribution is -2.00. The summed E-state index contributed by atoms with van der Waals surface area (Å²) in [5.74, 6) is 0.379. The number of non-ortho nitro benzene ring substituents is 1. The van der Waals surface area contributed by atoms with Crippen LogP contribution in [0, 0.1) is 10.1 Å². The van der Waals surface area contributed by atoms with Crippen molar-refractivity contribution >= 4 is 33.8 Å². The fourth-order valence-electron chi connectivity index (χ4n) is 2.77. The quantitative estimate of drug-likeness (QED) is 0.153. The number of nitrogens with zero attached hydrogens (tertiary/aromatic N) is 4. The number of hydrogen-bond acceptors (Lipinski definition) is 5. The number of hydrogen-bond donors (Lipinski definition) is 2. The van der Waals surface area contributed by atoms with Crippen molar-refractivity contribution in [3.8, 4) is 0 Å². The van der Waals surface area contributed by atoms with Gasteiger partial charge in [-0.1, -0.05) is 36.4 Å². The maximum Gasteiger partial charge on any atom is 0.269 e. The number of azo groups is 1. The van der Waals surface area contributed by atoms with Gasteiger partial charge in [-0.05, 0) is 30.3 Å². The van der Waals surface area contributed by atoms with Gasteiger partial charge in [0.1, 0.15) is 0 Å². The number of aromatic amines is 1. The largest absolute Gasteiger partial charge is 0.360 e. The van der Waals surface area contributed by atoms with Crippen LogP contribution in [0.2, 0.25) is 0 Å². The second-order valence-corrected chi connectivity index (χ2v) is 6.13. The van der Waals surface area contributed by atoms with Crippen LogP contribution in [-0.4, -0.2) is 15.7 Å². The molecule has 0 aliphatic heterocycles. The Hall–Kier alpha value is -4.33. The van der Waals surface area contributed by atoms with E-state index in [2.05, 4.69) is 25.7 Å². The number of para-hydroxylation sites is 2. The first-order valence-electron chi connectivity index (χ1n) is 8.82. The Balaban J connectivity index is 1.68. The van der Waals surface area contributed by atoms with Crippen molar-refractivity contribution in [2.75, 3.05) is 5.43 Å². The van der Waals surface area contributed by atoms with Crippen LogP contribution in [0.25, 0.3) is 10.9 Å². The molecular formula is C21H16N6O2. The van der Waals surface area contributed by atoms with E-state index in [9.17, 15) is 10.1 Å². The lowest BCUT2D eigenvalue weighted by Gasteiger charge is -2.02. The van der Waals surface area contributed by atoms with Gasteiger partial charge in [0.25, 0.3) is 5.69 Å². The number of amidine groups is 1. The third-order valence-electron chi connectivity index (χ3n) is 4.22. The van der Waals surface area contributed by atoms with Crippen molar-refractivity contribution in [1.82, 2.24) is 4.98 Å². The zero-order chi connectivity index (χ0) is 20.1. The Morgan fingerprint density at radius 3 is 2.41 bits per heavy atom. The summed E-state index contributed by atoms with van der Waals surface area (Å²) in [4.78, 5) is 13.5. The molecule has 0 aliphatic rings. The van der Waals surface area contributed by atoms with Crippen molar-refractivity contribution < 1.29 is 4.92 Å². The van der Waals surface area contributed by atoms with Gasteiger partial charge in [0.2, 0.25) is 5.84 Å². The summed E-state index contributed by atoms with van der Waals surface area (Å²) in [5.41, 5.74) is 6.04. The zero-order valence-corrected chi connectivity index (χ0v) is 15.2. The number of aromatic nitrogens is 1. The first-order chi connectivity index (χ1) is 14.2. The average Bonchev–Trinajstić information content (AvgIpc) is 3.19. The van der Waals surface area contributed by atoms with Gasteiger partial charge in [0.15, 0.2) is 0 Å². The number of nitro groups is 1. The molecule has 4 aromatic rings. The maximum atomic E-state index is 10.8. The van der Waals surface area contributed by atoms with Crippen LogP contribution < -0.4 is 5.43 Å². The smallest absolute Gasteiger partial charge is 0.269 e. The maximum absolute atomic E-state index is 10.8. The molecule has 1 heterocycles. The summed E-state index contributed by atoms with van der Waals surface area (Å²) in [6, 6.07) is 23.2. The van der Waals surface area contributed by atoms with Crippen LogP contribution in [0.15, 0.2) is 100 Å². The number of rotatable bonds is 5. The molecule has 0 saturated heterocycles. The molecule has 8 heteroatoms. The van der Waals surface area contributed by atoms with Gasteiger partial charge in [0, 0.05) is 34.8 Å². The second kappa shape index (κ2) is 8.13. The zero-order valence-electron chi connectivity index (χ0n) is 15.2. The average molecular weight is 384 g/mol. The van der Waals surface area contributed by atoms with E-state index < -0.39 is 4.92 Å². The van der Waals surface area contributed by atoms with Crippen molar-refractivity contribution in [1.29, 1.82) is 0 Å². The number of benzene rings is 3. The lowest BCUT2D eigenvalue weighted by atomic mass is 10.1. The summed E-state index contributed by atoms with van der Waals surface area (Å²) in [6.07, 6.45) is 1.82. The van der Waals surface area contributed by atoms with Crippen molar-refractivity contribution in [2.24, 2.45) is 15.3 Å². The number of anilines is 1. The number of fused-ring (bicyclic) bond motifs is 1. The molecule has 29 heavy (non-hydrogen) atoms. The predicted octanol–water partition coefficient (Wildman–Crippen LogP) is 5.63. The highest BCUT2D eigenvalue weighted by molar-refractivity contribution is 6.10. The molecule has 1 aromatic heterocycles. The van der Waals surface area contributed by atoms with E-state index in [1.54, 1.807) is 12.1 Å². The molecule has 0 aliphatic carbocycles. The molecule has 8 nitrogen and oxygen atoms in total. The molecule has 142 valence electrons. The van der Waals surface area contributed by atoms with Gasteiger partial charge in [-0.2, -0.15) is 5.10 Å². The van der Waals surface area contributed by atoms with Gasteiger partial charge in [-0.3, -0.25) is 15.5 Å². The van der Waals surface area contributed by atoms with Gasteiger partial charge >= 0.3 is 0 Å². The molecule has 4 rings (SSSR count). The van der Waals surface area contributed by atoms with E-state index in [0.717, 1.165) is 22.2 Å². The van der Waals surface area contributed by atoms with E-state index in [4.69, 9.17) is 0 Å². The third kappa shape index (κ3) is 4.16. The SMILES string of the molecule is O=[N+]([O-])c1ccc(N=N/C(=N\Nc2ccccc2)c2c[nH]c3ccccc23)cc1. The lowest BCUT2D eigenvalue weighted by molar-refractivity contribution is -0.384. The van der Waals surface area contributed by atoms with Crippen LogP contribution in [0.4, 0.5) is 17.1 Å². The van der Waals surface area contributed by atoms with Gasteiger partial charge in [0.05, 0.1) is 16.3 Å². The minimum atomic E-state index is -0.455. The Morgan fingerprint density at radius 1 is 0.931 bits per heavy atom. The van der Waals surface area contributed by atoms with Crippen LogP contribution >= 0.6 is 0 Å². The van der Waals surface area contributed by atoms with Crippen LogP contribution in [0.1, 0.15) is 5.56 Å². The third-order valence-corrected chi connectivity index (χ3v) is 4.22. The van der Waals surface area contributed by atoms with E-state index in [-0.39, 0.29) is 5.69 Å². The molecule has 0 saturated carbocycles. The minimum absolute atomic E-state index is 0.000198. The fraction of sp³-hybridized carbons (Fsp3) is 0. The fourth-order valence-corrected chi connectivity index (χ4v) is 2.77. The Morgan fingerprint density at radius 2 is 1.66 bits per heavy atom. The number of H-pyrrole nitrogens is 1. The highest BCUT2D eigenvalue weighted by atomic mass is 16.6. The van der Waals surface area contributed by atoms with Crippen molar-refractivity contribution in [2.45, 2.75) is 0 Å². The van der Waals surface area contributed by atoms with Crippen LogP contribution in [0.5, 0.6) is 0 Å². The second-order valence-electron chi connectivity index (χ2n) is 6.13. The van der Waals surface area contributed by atoms with E-state index in [0.29, 0.717) is 11.5 Å². The van der Waals surface area contributed by atoms with Crippen LogP contribution in [0.3, 0.4) is 0 Å². The van der Waals surface area contributed by atoms with Crippen LogP contribution in [-0.2, 0) is 0 Å². The van der Waals surface area contributed by atoms with E-state index in [1.165, 1.54) is 12.1 Å². The van der Waals surface area contributed by atoms with E-state index >= 15 is 0 Å². The highest BCUT2D eigenvalue weighted by Crippen LogP contribution is 2.22. The molecule has 0 amide bonds. The molecule has 0 radical (unpaired) electrons. The van der Waals surface area contributed by atoms with E-state index in [1.807, 2.05) is 60.8 Å². The standard InChI is InChI=1S/C21H16N6O2/c28-27(29)17-12-10-16(11-13-17)24-26-21(25-23-15-6-2-1-3-7-15)19-14-22-20-9-5-4-8-18(19)20/h1-14,22-23H/b25-21-,26-24?. The Bertz CT molecular complexity index is 1200. The molecule has 0 atom stereocenters. The summed E-state index contributed by atoms with van der Waals surface area (Å²) in [6.45, 7) is 0. The molecule has 3 aromatic carbocycles. The Labute approximate surface area is 165 Å². The topological polar surface area (TPSA) is 108 Å². The van der Waals surface area contributed by atoms with Crippen molar-refractivity contribution in [3.63, 3.8) is 0 Å². The predicted molar refractivity (Wildman–Crippen MR) is 113 cm³/mol. The summed E-state index contributed by atoms with van der Waals surface area (Å²) in [5, 5.41) is 24.7. The molecule has 0 unspecified atom stereocenters. The first kappa shape index (κ1) is 18.1. The molecule has 0 bridgehead atoms. The number of hydrazone groups is 1. The highest BCUT2D eigenvalue weighted by Gasteiger charge is 2.10. The molecule has 2 N–H and O–H groups in total. The molecule has 0 fully saturated rings. The summed E-state index contributed by atoms with van der Waals surface area (Å²) in [7, 11) is 0. The number of nitrogens with one attached hydrogen (secondary N) is 2. The Kier molecular flexibility index (Phi) is 5.06. The van der Waals surface area contributed by atoms with Gasteiger partial charge in [-0.25, -0.2) is 0 Å². The first-order valence-corrected chi connectivity index (χ1v) is 8.82.